The molecule has 17 heavy (non-hydrogen) atoms. The lowest BCUT2D eigenvalue weighted by Crippen LogP contribution is -2.14. The zero-order valence-corrected chi connectivity index (χ0v) is 10.6. The van der Waals surface area contributed by atoms with Crippen LogP contribution in [0.4, 0.5) is 0 Å². The van der Waals surface area contributed by atoms with E-state index in [0.29, 0.717) is 24.0 Å². The summed E-state index contributed by atoms with van der Waals surface area (Å²) in [6, 6.07) is 5.09. The Hall–Kier alpha value is -1.26. The van der Waals surface area contributed by atoms with Gasteiger partial charge < -0.3 is 20.3 Å². The molecule has 0 aliphatic carbocycles. The summed E-state index contributed by atoms with van der Waals surface area (Å²) in [6.45, 7) is 4.72. The molecule has 4 heteroatoms. The molecular formula is C13H21NO3. The molecule has 1 atom stereocenters. The Balaban J connectivity index is 2.85. The van der Waals surface area contributed by atoms with Gasteiger partial charge in [-0.3, -0.25) is 0 Å². The van der Waals surface area contributed by atoms with Gasteiger partial charge in [0.2, 0.25) is 0 Å². The van der Waals surface area contributed by atoms with Crippen molar-refractivity contribution < 1.29 is 14.6 Å². The standard InChI is InChI=1S/C13H21NO3/c1-9(2)8-17-12-5-4-10(11(14)7-15)6-13(12)16-3/h4-6,9,11,15H,7-8,14H2,1-3H3/t11-/m1/s1. The van der Waals surface area contributed by atoms with Gasteiger partial charge in [0.25, 0.3) is 0 Å². The van der Waals surface area contributed by atoms with Gasteiger partial charge in [0.1, 0.15) is 0 Å². The van der Waals surface area contributed by atoms with E-state index in [1.54, 1.807) is 13.2 Å². The maximum atomic E-state index is 9.00. The summed E-state index contributed by atoms with van der Waals surface area (Å²) in [7, 11) is 1.59. The van der Waals surface area contributed by atoms with Crippen LogP contribution in [0.25, 0.3) is 0 Å². The van der Waals surface area contributed by atoms with Crippen molar-refractivity contribution in [1.82, 2.24) is 0 Å². The number of aliphatic hydroxyl groups excluding tert-OH is 1. The number of methoxy groups -OCH3 is 1. The molecule has 0 radical (unpaired) electrons. The van der Waals surface area contributed by atoms with Crippen LogP contribution in [-0.4, -0.2) is 25.4 Å². The molecule has 0 aliphatic heterocycles. The molecule has 1 aromatic carbocycles. The van der Waals surface area contributed by atoms with Gasteiger partial charge in [-0.1, -0.05) is 19.9 Å². The predicted molar refractivity (Wildman–Crippen MR) is 67.3 cm³/mol. The second kappa shape index (κ2) is 6.47. The van der Waals surface area contributed by atoms with Crippen LogP contribution in [0, 0.1) is 5.92 Å². The van der Waals surface area contributed by atoms with Crippen molar-refractivity contribution >= 4 is 0 Å². The summed E-state index contributed by atoms with van der Waals surface area (Å²) in [5.41, 5.74) is 6.58. The molecule has 0 bridgehead atoms. The Labute approximate surface area is 102 Å². The number of nitrogens with two attached hydrogens (primary N) is 1. The van der Waals surface area contributed by atoms with E-state index in [0.717, 1.165) is 5.56 Å². The lowest BCUT2D eigenvalue weighted by atomic mass is 10.1. The molecule has 0 saturated heterocycles. The Morgan fingerprint density at radius 2 is 2.00 bits per heavy atom. The molecule has 96 valence electrons. The largest absolute Gasteiger partial charge is 0.493 e. The number of rotatable bonds is 6. The molecule has 1 rings (SSSR count). The first kappa shape index (κ1) is 13.8. The van der Waals surface area contributed by atoms with E-state index in [-0.39, 0.29) is 12.6 Å². The fraction of sp³-hybridized carbons (Fsp3) is 0.538. The maximum Gasteiger partial charge on any atom is 0.161 e. The molecule has 0 heterocycles. The van der Waals surface area contributed by atoms with Gasteiger partial charge in [-0.2, -0.15) is 0 Å². The summed E-state index contributed by atoms with van der Waals surface area (Å²) < 4.78 is 10.9. The van der Waals surface area contributed by atoms with Crippen LogP contribution in [0.5, 0.6) is 11.5 Å². The van der Waals surface area contributed by atoms with Crippen molar-refractivity contribution in [2.45, 2.75) is 19.9 Å². The topological polar surface area (TPSA) is 64.7 Å². The van der Waals surface area contributed by atoms with Gasteiger partial charge in [0.05, 0.1) is 26.4 Å². The van der Waals surface area contributed by atoms with Crippen LogP contribution in [0.2, 0.25) is 0 Å². The van der Waals surface area contributed by atoms with Gasteiger partial charge in [0.15, 0.2) is 11.5 Å². The van der Waals surface area contributed by atoms with Gasteiger partial charge in [0, 0.05) is 0 Å². The molecule has 0 saturated carbocycles. The molecule has 0 spiro atoms. The fourth-order valence-electron chi connectivity index (χ4n) is 1.40. The third-order valence-corrected chi connectivity index (χ3v) is 2.38. The van der Waals surface area contributed by atoms with E-state index in [2.05, 4.69) is 13.8 Å². The Bertz CT molecular complexity index is 353. The highest BCUT2D eigenvalue weighted by Gasteiger charge is 2.10. The van der Waals surface area contributed by atoms with E-state index < -0.39 is 0 Å². The summed E-state index contributed by atoms with van der Waals surface area (Å²) in [4.78, 5) is 0. The minimum absolute atomic E-state index is 0.0879. The van der Waals surface area contributed by atoms with Crippen LogP contribution in [0.15, 0.2) is 18.2 Å². The SMILES string of the molecule is COc1cc([C@H](N)CO)ccc1OCC(C)C. The van der Waals surface area contributed by atoms with E-state index in [1.807, 2.05) is 12.1 Å². The van der Waals surface area contributed by atoms with Gasteiger partial charge in [-0.25, -0.2) is 0 Å². The van der Waals surface area contributed by atoms with Gasteiger partial charge in [-0.15, -0.1) is 0 Å². The monoisotopic (exact) mass is 239 g/mol. The minimum atomic E-state index is -0.386. The van der Waals surface area contributed by atoms with Crippen LogP contribution >= 0.6 is 0 Å². The molecular weight excluding hydrogens is 218 g/mol. The number of hydrogen-bond donors (Lipinski definition) is 2. The number of benzene rings is 1. The summed E-state index contributed by atoms with van der Waals surface area (Å²) >= 11 is 0. The minimum Gasteiger partial charge on any atom is -0.493 e. The van der Waals surface area contributed by atoms with Crippen LogP contribution in [0.3, 0.4) is 0 Å². The van der Waals surface area contributed by atoms with Crippen LogP contribution in [0.1, 0.15) is 25.5 Å². The molecule has 0 aliphatic rings. The third-order valence-electron chi connectivity index (χ3n) is 2.38. The molecule has 1 aromatic rings. The van der Waals surface area contributed by atoms with Crippen molar-refractivity contribution in [2.75, 3.05) is 20.3 Å². The highest BCUT2D eigenvalue weighted by molar-refractivity contribution is 5.43. The zero-order valence-electron chi connectivity index (χ0n) is 10.6. The first-order valence-corrected chi connectivity index (χ1v) is 5.75. The molecule has 0 aromatic heterocycles. The van der Waals surface area contributed by atoms with Crippen LogP contribution < -0.4 is 15.2 Å². The second-order valence-electron chi connectivity index (χ2n) is 4.40. The average molecular weight is 239 g/mol. The number of hydrogen-bond acceptors (Lipinski definition) is 4. The molecule has 0 fully saturated rings. The highest BCUT2D eigenvalue weighted by Crippen LogP contribution is 2.30. The average Bonchev–Trinajstić information content (AvgIpc) is 2.34. The first-order chi connectivity index (χ1) is 8.08. The summed E-state index contributed by atoms with van der Waals surface area (Å²) in [6.07, 6.45) is 0. The Morgan fingerprint density at radius 1 is 1.29 bits per heavy atom. The zero-order chi connectivity index (χ0) is 12.8. The second-order valence-corrected chi connectivity index (χ2v) is 4.40. The quantitative estimate of drug-likeness (QED) is 0.793. The first-order valence-electron chi connectivity index (χ1n) is 5.75. The van der Waals surface area contributed by atoms with Crippen molar-refractivity contribution in [3.63, 3.8) is 0 Å². The van der Waals surface area contributed by atoms with Crippen molar-refractivity contribution in [3.8, 4) is 11.5 Å². The predicted octanol–water partition coefficient (Wildman–Crippen LogP) is 1.72. The smallest absolute Gasteiger partial charge is 0.161 e. The maximum absolute atomic E-state index is 9.00. The molecule has 3 N–H and O–H groups in total. The molecule has 4 nitrogen and oxygen atoms in total. The van der Waals surface area contributed by atoms with Gasteiger partial charge >= 0.3 is 0 Å². The van der Waals surface area contributed by atoms with E-state index in [4.69, 9.17) is 20.3 Å². The highest BCUT2D eigenvalue weighted by atomic mass is 16.5. The Morgan fingerprint density at radius 3 is 2.53 bits per heavy atom. The lowest BCUT2D eigenvalue weighted by molar-refractivity contribution is 0.255. The number of aliphatic hydroxyl groups is 1. The van der Waals surface area contributed by atoms with Crippen molar-refractivity contribution in [2.24, 2.45) is 11.7 Å². The van der Waals surface area contributed by atoms with E-state index in [1.165, 1.54) is 0 Å². The summed E-state index contributed by atoms with van der Waals surface area (Å²) in [5.74, 6) is 1.81. The molecule has 0 amide bonds. The van der Waals surface area contributed by atoms with Crippen molar-refractivity contribution in [1.29, 1.82) is 0 Å². The summed E-state index contributed by atoms with van der Waals surface area (Å²) in [5, 5.41) is 9.00. The lowest BCUT2D eigenvalue weighted by Gasteiger charge is -2.15. The number of ether oxygens (including phenoxy) is 2. The van der Waals surface area contributed by atoms with Crippen molar-refractivity contribution in [3.05, 3.63) is 23.8 Å². The Kier molecular flexibility index (Phi) is 5.25. The van der Waals surface area contributed by atoms with Crippen LogP contribution in [-0.2, 0) is 0 Å². The van der Waals surface area contributed by atoms with E-state index >= 15 is 0 Å². The van der Waals surface area contributed by atoms with E-state index in [9.17, 15) is 0 Å². The normalized spacial score (nSPS) is 12.6. The molecule has 0 unspecified atom stereocenters. The van der Waals surface area contributed by atoms with Gasteiger partial charge in [-0.05, 0) is 23.6 Å². The third kappa shape index (κ3) is 3.91. The fourth-order valence-corrected chi connectivity index (χ4v) is 1.40.